The normalized spacial score (nSPS) is 21.1. The molecule has 2 aliphatic rings. The van der Waals surface area contributed by atoms with Crippen molar-refractivity contribution in [2.45, 2.75) is 51.7 Å². The molecule has 1 atom stereocenters. The van der Waals surface area contributed by atoms with Gasteiger partial charge in [0.1, 0.15) is 12.0 Å². The van der Waals surface area contributed by atoms with Crippen molar-refractivity contribution in [2.24, 2.45) is 11.7 Å². The van der Waals surface area contributed by atoms with Gasteiger partial charge in [-0.15, -0.1) is 0 Å². The van der Waals surface area contributed by atoms with Gasteiger partial charge in [-0.2, -0.15) is 0 Å². The zero-order valence-electron chi connectivity index (χ0n) is 15.6. The summed E-state index contributed by atoms with van der Waals surface area (Å²) in [5.74, 6) is 1.02. The van der Waals surface area contributed by atoms with Crippen LogP contribution in [-0.4, -0.2) is 43.2 Å². The summed E-state index contributed by atoms with van der Waals surface area (Å²) in [5.41, 5.74) is 7.37. The molecule has 0 saturated carbocycles. The van der Waals surface area contributed by atoms with E-state index >= 15 is 0 Å². The van der Waals surface area contributed by atoms with Gasteiger partial charge < -0.3 is 15.0 Å². The number of fused-ring (bicyclic) bond motifs is 1. The summed E-state index contributed by atoms with van der Waals surface area (Å²) in [6, 6.07) is 3.55. The average Bonchev–Trinajstić information content (AvgIpc) is 2.65. The number of unbranched alkanes of at least 4 members (excludes halogenated alkanes) is 1. The van der Waals surface area contributed by atoms with Gasteiger partial charge in [-0.25, -0.2) is 0 Å². The molecule has 1 amide bonds. The number of hydrogen-bond acceptors (Lipinski definition) is 4. The van der Waals surface area contributed by atoms with Crippen molar-refractivity contribution in [3.63, 3.8) is 0 Å². The number of aryl methyl sites for hydroxylation is 1. The van der Waals surface area contributed by atoms with Crippen molar-refractivity contribution >= 4 is 17.5 Å². The van der Waals surface area contributed by atoms with Crippen molar-refractivity contribution in [1.82, 2.24) is 10.2 Å². The van der Waals surface area contributed by atoms with Gasteiger partial charge in [-0.3, -0.25) is 10.5 Å². The van der Waals surface area contributed by atoms with Crippen LogP contribution >= 0.6 is 11.6 Å². The number of nitrogens with one attached hydrogen (secondary N) is 1. The quantitative estimate of drug-likeness (QED) is 0.796. The third-order valence-corrected chi connectivity index (χ3v) is 5.65. The highest BCUT2D eigenvalue weighted by Gasteiger charge is 2.25. The van der Waals surface area contributed by atoms with Crippen LogP contribution in [0, 0.1) is 5.92 Å². The maximum atomic E-state index is 12.7. The second kappa shape index (κ2) is 9.07. The van der Waals surface area contributed by atoms with E-state index in [-0.39, 0.29) is 12.1 Å². The maximum absolute atomic E-state index is 12.7. The van der Waals surface area contributed by atoms with Crippen LogP contribution in [0.2, 0.25) is 5.02 Å². The summed E-state index contributed by atoms with van der Waals surface area (Å²) in [6.07, 6.45) is 5.95. The van der Waals surface area contributed by atoms with E-state index in [4.69, 9.17) is 22.1 Å². The first-order valence-electron chi connectivity index (χ1n) is 9.82. The molecule has 0 aromatic heterocycles. The first-order chi connectivity index (χ1) is 12.6. The van der Waals surface area contributed by atoms with Gasteiger partial charge in [0.25, 0.3) is 5.91 Å². The molecule has 2 heterocycles. The number of carbonyl (C=O) groups is 1. The number of nitrogens with two attached hydrogens (primary N) is 1. The predicted octanol–water partition coefficient (Wildman–Crippen LogP) is 3.19. The number of piperidine rings is 1. The summed E-state index contributed by atoms with van der Waals surface area (Å²) >= 11 is 6.20. The molecule has 144 valence electrons. The highest BCUT2D eigenvalue weighted by atomic mass is 35.5. The van der Waals surface area contributed by atoms with E-state index in [0.717, 1.165) is 44.3 Å². The fraction of sp³-hybridized carbons (Fsp3) is 0.650. The molecule has 3 N–H and O–H groups in total. The minimum Gasteiger partial charge on any atom is -0.474 e. The molecule has 1 saturated heterocycles. The van der Waals surface area contributed by atoms with E-state index < -0.39 is 0 Å². The summed E-state index contributed by atoms with van der Waals surface area (Å²) in [5, 5.41) is 3.65. The number of halogens is 1. The summed E-state index contributed by atoms with van der Waals surface area (Å²) in [7, 11) is 0. The molecule has 2 aliphatic heterocycles. The van der Waals surface area contributed by atoms with Gasteiger partial charge in [0.15, 0.2) is 0 Å². The highest BCUT2D eigenvalue weighted by Crippen LogP contribution is 2.33. The van der Waals surface area contributed by atoms with Crippen LogP contribution in [0.4, 0.5) is 0 Å². The molecule has 3 rings (SSSR count). The predicted molar refractivity (Wildman–Crippen MR) is 105 cm³/mol. The Hall–Kier alpha value is -1.30. The SMILES string of the molecule is CCCCN1CCC(CNC(=O)c2cc(Cl)cc3c2OC(N)CC3)CC1. The summed E-state index contributed by atoms with van der Waals surface area (Å²) in [4.78, 5) is 15.3. The third-order valence-electron chi connectivity index (χ3n) is 5.43. The Morgan fingerprint density at radius 3 is 2.85 bits per heavy atom. The highest BCUT2D eigenvalue weighted by molar-refractivity contribution is 6.31. The Labute approximate surface area is 161 Å². The lowest BCUT2D eigenvalue weighted by atomic mass is 9.96. The molecule has 0 bridgehead atoms. The summed E-state index contributed by atoms with van der Waals surface area (Å²) in [6.45, 7) is 6.39. The van der Waals surface area contributed by atoms with Gasteiger partial charge in [0.05, 0.1) is 5.56 Å². The van der Waals surface area contributed by atoms with E-state index in [2.05, 4.69) is 17.1 Å². The topological polar surface area (TPSA) is 67.6 Å². The third kappa shape index (κ3) is 4.90. The van der Waals surface area contributed by atoms with Gasteiger partial charge in [0.2, 0.25) is 0 Å². The van der Waals surface area contributed by atoms with Crippen molar-refractivity contribution in [2.75, 3.05) is 26.2 Å². The minimum atomic E-state index is -0.359. The number of likely N-dealkylation sites (tertiary alicyclic amines) is 1. The van der Waals surface area contributed by atoms with E-state index in [9.17, 15) is 4.79 Å². The van der Waals surface area contributed by atoms with Crippen molar-refractivity contribution in [3.8, 4) is 5.75 Å². The molecular formula is C20H30ClN3O2. The number of nitrogens with zero attached hydrogens (tertiary/aromatic N) is 1. The second-order valence-corrected chi connectivity index (χ2v) is 7.92. The van der Waals surface area contributed by atoms with Crippen molar-refractivity contribution in [1.29, 1.82) is 0 Å². The van der Waals surface area contributed by atoms with Crippen LogP contribution in [0.3, 0.4) is 0 Å². The maximum Gasteiger partial charge on any atom is 0.255 e. The Bertz CT molecular complexity index is 630. The van der Waals surface area contributed by atoms with Crippen LogP contribution in [0.5, 0.6) is 5.75 Å². The van der Waals surface area contributed by atoms with Crippen LogP contribution in [0.15, 0.2) is 12.1 Å². The first kappa shape index (κ1) is 19.5. The van der Waals surface area contributed by atoms with Crippen LogP contribution in [-0.2, 0) is 6.42 Å². The summed E-state index contributed by atoms with van der Waals surface area (Å²) < 4.78 is 5.73. The number of amides is 1. The molecule has 6 heteroatoms. The Morgan fingerprint density at radius 2 is 2.12 bits per heavy atom. The number of benzene rings is 1. The molecule has 0 aliphatic carbocycles. The standard InChI is InChI=1S/C20H30ClN3O2/c1-2-3-8-24-9-6-14(7-10-24)13-23-20(25)17-12-16(21)11-15-4-5-18(22)26-19(15)17/h11-12,14,18H,2-10,13,22H2,1H3,(H,23,25). The lowest BCUT2D eigenvalue weighted by Crippen LogP contribution is -2.39. The number of rotatable bonds is 6. The average molecular weight is 380 g/mol. The smallest absolute Gasteiger partial charge is 0.255 e. The molecule has 26 heavy (non-hydrogen) atoms. The fourth-order valence-electron chi connectivity index (χ4n) is 3.78. The number of hydrogen-bond donors (Lipinski definition) is 2. The Morgan fingerprint density at radius 1 is 1.35 bits per heavy atom. The molecule has 0 spiro atoms. The van der Waals surface area contributed by atoms with Crippen LogP contribution in [0.1, 0.15) is 54.9 Å². The van der Waals surface area contributed by atoms with E-state index in [1.807, 2.05) is 6.07 Å². The van der Waals surface area contributed by atoms with Crippen LogP contribution < -0.4 is 15.8 Å². The van der Waals surface area contributed by atoms with Gasteiger partial charge in [-0.05, 0) is 68.9 Å². The van der Waals surface area contributed by atoms with E-state index in [1.165, 1.54) is 19.4 Å². The molecule has 1 fully saturated rings. The zero-order valence-corrected chi connectivity index (χ0v) is 16.4. The molecular weight excluding hydrogens is 350 g/mol. The Balaban J connectivity index is 1.55. The number of carbonyl (C=O) groups excluding carboxylic acids is 1. The van der Waals surface area contributed by atoms with Crippen LogP contribution in [0.25, 0.3) is 0 Å². The largest absolute Gasteiger partial charge is 0.474 e. The number of ether oxygens (including phenoxy) is 1. The molecule has 1 aromatic rings. The van der Waals surface area contributed by atoms with Gasteiger partial charge in [0, 0.05) is 18.0 Å². The second-order valence-electron chi connectivity index (χ2n) is 7.49. The molecule has 0 radical (unpaired) electrons. The zero-order chi connectivity index (χ0) is 18.5. The Kier molecular flexibility index (Phi) is 6.79. The van der Waals surface area contributed by atoms with E-state index in [0.29, 0.717) is 28.8 Å². The fourth-order valence-corrected chi connectivity index (χ4v) is 4.02. The van der Waals surface area contributed by atoms with Crippen molar-refractivity contribution in [3.05, 3.63) is 28.3 Å². The van der Waals surface area contributed by atoms with E-state index in [1.54, 1.807) is 6.07 Å². The van der Waals surface area contributed by atoms with Gasteiger partial charge in [-0.1, -0.05) is 24.9 Å². The minimum absolute atomic E-state index is 0.119. The lowest BCUT2D eigenvalue weighted by molar-refractivity contribution is 0.0925. The van der Waals surface area contributed by atoms with Crippen molar-refractivity contribution < 1.29 is 9.53 Å². The molecule has 1 aromatic carbocycles. The molecule has 1 unspecified atom stereocenters. The first-order valence-corrected chi connectivity index (χ1v) is 10.2. The lowest BCUT2D eigenvalue weighted by Gasteiger charge is -2.32. The monoisotopic (exact) mass is 379 g/mol. The van der Waals surface area contributed by atoms with Gasteiger partial charge >= 0.3 is 0 Å². The molecule has 5 nitrogen and oxygen atoms in total.